The molecule has 1 aliphatic rings. The lowest BCUT2D eigenvalue weighted by Crippen LogP contribution is -2.39. The van der Waals surface area contributed by atoms with Crippen molar-refractivity contribution >= 4 is 21.8 Å². The number of halogens is 1. The maximum atomic E-state index is 11.9. The Balaban J connectivity index is 1.84. The van der Waals surface area contributed by atoms with Crippen molar-refractivity contribution in [2.75, 3.05) is 0 Å². The number of aliphatic hydroxyl groups is 1. The molecule has 0 heterocycles. The molecule has 2 N–H and O–H groups in total. The molecule has 1 amide bonds. The smallest absolute Gasteiger partial charge is 0.224 e. The van der Waals surface area contributed by atoms with Gasteiger partial charge in [-0.1, -0.05) is 34.1 Å². The third-order valence-electron chi connectivity index (χ3n) is 3.37. The van der Waals surface area contributed by atoms with E-state index in [4.69, 9.17) is 0 Å². The average molecular weight is 312 g/mol. The van der Waals surface area contributed by atoms with E-state index in [1.54, 1.807) is 0 Å². The number of hydrogen-bond acceptors (Lipinski definition) is 2. The Bertz CT molecular complexity index is 414. The van der Waals surface area contributed by atoms with E-state index in [2.05, 4.69) is 21.2 Å². The van der Waals surface area contributed by atoms with E-state index in [-0.39, 0.29) is 18.1 Å². The highest BCUT2D eigenvalue weighted by Gasteiger charge is 2.20. The summed E-state index contributed by atoms with van der Waals surface area (Å²) >= 11 is 3.44. The van der Waals surface area contributed by atoms with Crippen molar-refractivity contribution < 1.29 is 9.90 Å². The molecule has 0 unspecified atom stereocenters. The zero-order chi connectivity index (χ0) is 13.0. The second-order valence-electron chi connectivity index (χ2n) is 4.84. The third-order valence-corrected chi connectivity index (χ3v) is 4.14. The minimum absolute atomic E-state index is 0.0586. The number of hydrogen-bond donors (Lipinski definition) is 2. The number of benzene rings is 1. The molecule has 2 rings (SSSR count). The molecule has 98 valence electrons. The lowest BCUT2D eigenvalue weighted by Gasteiger charge is -2.26. The minimum Gasteiger partial charge on any atom is -0.393 e. The zero-order valence-corrected chi connectivity index (χ0v) is 11.8. The standard InChI is InChI=1S/C14H18BrNO2/c15-13-4-2-1-3-10(13)9-14(18)16-11-5-7-12(17)8-6-11/h1-4,11-12,17H,5-9H2,(H,16,18). The summed E-state index contributed by atoms with van der Waals surface area (Å²) in [5.74, 6) is 0.0586. The van der Waals surface area contributed by atoms with E-state index in [0.29, 0.717) is 6.42 Å². The summed E-state index contributed by atoms with van der Waals surface area (Å²) in [6, 6.07) is 8.00. The molecular formula is C14H18BrNO2. The molecule has 1 aromatic carbocycles. The van der Waals surface area contributed by atoms with Crippen LogP contribution in [-0.4, -0.2) is 23.2 Å². The van der Waals surface area contributed by atoms with Crippen molar-refractivity contribution in [3.05, 3.63) is 34.3 Å². The van der Waals surface area contributed by atoms with Crippen LogP contribution in [0.4, 0.5) is 0 Å². The van der Waals surface area contributed by atoms with Crippen molar-refractivity contribution in [2.45, 2.75) is 44.2 Å². The van der Waals surface area contributed by atoms with Crippen molar-refractivity contribution in [1.82, 2.24) is 5.32 Å². The molecule has 1 aliphatic carbocycles. The van der Waals surface area contributed by atoms with Gasteiger partial charge >= 0.3 is 0 Å². The molecule has 0 spiro atoms. The van der Waals surface area contributed by atoms with Gasteiger partial charge in [-0.25, -0.2) is 0 Å². The van der Waals surface area contributed by atoms with Crippen molar-refractivity contribution in [3.63, 3.8) is 0 Å². The predicted octanol–water partition coefficient (Wildman–Crippen LogP) is 2.41. The largest absolute Gasteiger partial charge is 0.393 e. The number of rotatable bonds is 3. The summed E-state index contributed by atoms with van der Waals surface area (Å²) in [6.45, 7) is 0. The van der Waals surface area contributed by atoms with E-state index in [0.717, 1.165) is 35.7 Å². The fraction of sp³-hybridized carbons (Fsp3) is 0.500. The first-order valence-electron chi connectivity index (χ1n) is 6.36. The molecule has 3 nitrogen and oxygen atoms in total. The third kappa shape index (κ3) is 3.82. The number of aliphatic hydroxyl groups excluding tert-OH is 1. The summed E-state index contributed by atoms with van der Waals surface area (Å²) < 4.78 is 0.971. The predicted molar refractivity (Wildman–Crippen MR) is 74.3 cm³/mol. The van der Waals surface area contributed by atoms with E-state index >= 15 is 0 Å². The second-order valence-corrected chi connectivity index (χ2v) is 5.70. The molecule has 0 aromatic heterocycles. The Hall–Kier alpha value is -0.870. The Kier molecular flexibility index (Phi) is 4.78. The highest BCUT2D eigenvalue weighted by Crippen LogP contribution is 2.19. The SMILES string of the molecule is O=C(Cc1ccccc1Br)NC1CCC(O)CC1. The lowest BCUT2D eigenvalue weighted by molar-refractivity contribution is -0.121. The Morgan fingerprint density at radius 2 is 1.94 bits per heavy atom. The van der Waals surface area contributed by atoms with Crippen LogP contribution in [0.3, 0.4) is 0 Å². The summed E-state index contributed by atoms with van der Waals surface area (Å²) in [7, 11) is 0. The molecule has 0 saturated heterocycles. The topological polar surface area (TPSA) is 49.3 Å². The number of nitrogens with one attached hydrogen (secondary N) is 1. The molecule has 0 radical (unpaired) electrons. The van der Waals surface area contributed by atoms with Crippen LogP contribution in [0.15, 0.2) is 28.7 Å². The highest BCUT2D eigenvalue weighted by atomic mass is 79.9. The zero-order valence-electron chi connectivity index (χ0n) is 10.2. The fourth-order valence-corrected chi connectivity index (χ4v) is 2.74. The molecule has 0 bridgehead atoms. The Morgan fingerprint density at radius 3 is 2.61 bits per heavy atom. The van der Waals surface area contributed by atoms with Crippen LogP contribution in [0.25, 0.3) is 0 Å². The Labute approximate surface area is 116 Å². The van der Waals surface area contributed by atoms with Gasteiger partial charge in [0, 0.05) is 10.5 Å². The maximum absolute atomic E-state index is 11.9. The molecule has 0 aliphatic heterocycles. The molecule has 1 fully saturated rings. The van der Waals surface area contributed by atoms with Crippen LogP contribution in [0.1, 0.15) is 31.2 Å². The van der Waals surface area contributed by atoms with Crippen LogP contribution in [0.5, 0.6) is 0 Å². The van der Waals surface area contributed by atoms with Gasteiger partial charge in [-0.05, 0) is 37.3 Å². The van der Waals surface area contributed by atoms with Gasteiger partial charge in [-0.15, -0.1) is 0 Å². The van der Waals surface area contributed by atoms with Crippen molar-refractivity contribution in [2.24, 2.45) is 0 Å². The molecule has 18 heavy (non-hydrogen) atoms. The highest BCUT2D eigenvalue weighted by molar-refractivity contribution is 9.10. The molecule has 1 saturated carbocycles. The van der Waals surface area contributed by atoms with Gasteiger partial charge in [0.15, 0.2) is 0 Å². The van der Waals surface area contributed by atoms with Crippen LogP contribution in [0.2, 0.25) is 0 Å². The van der Waals surface area contributed by atoms with Gasteiger partial charge in [0.25, 0.3) is 0 Å². The van der Waals surface area contributed by atoms with Gasteiger partial charge in [0.1, 0.15) is 0 Å². The van der Waals surface area contributed by atoms with Crippen LogP contribution in [0, 0.1) is 0 Å². The van der Waals surface area contributed by atoms with Gasteiger partial charge in [0.05, 0.1) is 12.5 Å². The first kappa shape index (κ1) is 13.6. The molecule has 4 heteroatoms. The molecular weight excluding hydrogens is 294 g/mol. The summed E-state index contributed by atoms with van der Waals surface area (Å²) in [5, 5.41) is 12.5. The van der Waals surface area contributed by atoms with Gasteiger partial charge < -0.3 is 10.4 Å². The molecule has 0 atom stereocenters. The lowest BCUT2D eigenvalue weighted by atomic mass is 9.93. The van der Waals surface area contributed by atoms with Crippen LogP contribution in [-0.2, 0) is 11.2 Å². The van der Waals surface area contributed by atoms with Gasteiger partial charge in [-0.3, -0.25) is 4.79 Å². The molecule has 1 aromatic rings. The quantitative estimate of drug-likeness (QED) is 0.900. The first-order chi connectivity index (χ1) is 8.65. The van der Waals surface area contributed by atoms with E-state index in [1.807, 2.05) is 24.3 Å². The summed E-state index contributed by atoms with van der Waals surface area (Å²) in [4.78, 5) is 11.9. The normalized spacial score (nSPS) is 23.7. The van der Waals surface area contributed by atoms with Gasteiger partial charge in [-0.2, -0.15) is 0 Å². The number of amides is 1. The van der Waals surface area contributed by atoms with E-state index < -0.39 is 0 Å². The van der Waals surface area contributed by atoms with Crippen LogP contribution < -0.4 is 5.32 Å². The van der Waals surface area contributed by atoms with Crippen LogP contribution >= 0.6 is 15.9 Å². The van der Waals surface area contributed by atoms with Crippen molar-refractivity contribution in [3.8, 4) is 0 Å². The minimum atomic E-state index is -0.179. The van der Waals surface area contributed by atoms with Gasteiger partial charge in [0.2, 0.25) is 5.91 Å². The maximum Gasteiger partial charge on any atom is 0.224 e. The van der Waals surface area contributed by atoms with E-state index in [1.165, 1.54) is 0 Å². The van der Waals surface area contributed by atoms with E-state index in [9.17, 15) is 9.90 Å². The monoisotopic (exact) mass is 311 g/mol. The number of carbonyl (C=O) groups is 1. The van der Waals surface area contributed by atoms with Crippen molar-refractivity contribution in [1.29, 1.82) is 0 Å². The average Bonchev–Trinajstić information content (AvgIpc) is 2.35. The number of carbonyl (C=O) groups excluding carboxylic acids is 1. The summed E-state index contributed by atoms with van der Waals surface area (Å²) in [5.41, 5.74) is 1.01. The Morgan fingerprint density at radius 1 is 1.28 bits per heavy atom. The first-order valence-corrected chi connectivity index (χ1v) is 7.15. The summed E-state index contributed by atoms with van der Waals surface area (Å²) in [6.07, 6.45) is 3.56. The fourth-order valence-electron chi connectivity index (χ4n) is 2.31. The second kappa shape index (κ2) is 6.34.